The van der Waals surface area contributed by atoms with Gasteiger partial charge in [-0.2, -0.15) is 11.1 Å². The Bertz CT molecular complexity index is 123. The van der Waals surface area contributed by atoms with E-state index in [0.717, 1.165) is 6.42 Å². The summed E-state index contributed by atoms with van der Waals surface area (Å²) in [6.45, 7) is 11.8. The summed E-state index contributed by atoms with van der Waals surface area (Å²) in [5.41, 5.74) is 4.31. The highest BCUT2D eigenvalue weighted by Crippen LogP contribution is 2.29. The van der Waals surface area contributed by atoms with Crippen molar-refractivity contribution in [2.75, 3.05) is 0 Å². The largest absolute Gasteiger partial charge is 0.204 e. The molecule has 0 radical (unpaired) electrons. The van der Waals surface area contributed by atoms with E-state index in [-0.39, 0.29) is 0 Å². The molecule has 0 fully saturated rings. The monoisotopic (exact) mass is 174 g/mol. The molecule has 0 bridgehead atoms. The summed E-state index contributed by atoms with van der Waals surface area (Å²) in [6.07, 6.45) is 1.10. The van der Waals surface area contributed by atoms with Gasteiger partial charge in [0.2, 0.25) is 7.38 Å². The van der Waals surface area contributed by atoms with Gasteiger partial charge in [-0.3, -0.25) is 0 Å². The van der Waals surface area contributed by atoms with Gasteiger partial charge in [0, 0.05) is 0 Å². The Kier molecular flexibility index (Phi) is 3.98. The average Bonchev–Trinajstić information content (AvgIpc) is 2.01. The van der Waals surface area contributed by atoms with Crippen molar-refractivity contribution in [3.8, 4) is 0 Å². The fourth-order valence-electron chi connectivity index (χ4n) is 0.799. The predicted octanol–water partition coefficient (Wildman–Crippen LogP) is 3.42. The van der Waals surface area contributed by atoms with E-state index in [1.165, 1.54) is 0 Å². The number of rotatable bonds is 4. The second-order valence-electron chi connectivity index (χ2n) is 2.54. The fraction of sp³-hybridized carbons (Fsp3) is 0.500. The van der Waals surface area contributed by atoms with Gasteiger partial charge in [-0.05, 0) is 5.54 Å². The third-order valence-electron chi connectivity index (χ3n) is 1.99. The van der Waals surface area contributed by atoms with Crippen molar-refractivity contribution in [3.05, 3.63) is 24.6 Å². The molecule has 2 heteroatoms. The summed E-state index contributed by atoms with van der Waals surface area (Å²) in [7, 11) is -1.80. The van der Waals surface area contributed by atoms with Crippen molar-refractivity contribution < 1.29 is 0 Å². The Morgan fingerprint density at radius 2 is 1.90 bits per heavy atom. The second kappa shape index (κ2) is 3.99. The van der Waals surface area contributed by atoms with Crippen LogP contribution in [0.3, 0.4) is 0 Å². The maximum Gasteiger partial charge on any atom is 0.204 e. The summed E-state index contributed by atoms with van der Waals surface area (Å²) >= 11 is 6.26. The third-order valence-corrected chi connectivity index (χ3v) is 7.21. The predicted molar refractivity (Wildman–Crippen MR) is 51.7 cm³/mol. The topological polar surface area (TPSA) is 0 Å². The van der Waals surface area contributed by atoms with E-state index in [9.17, 15) is 0 Å². The van der Waals surface area contributed by atoms with Crippen molar-refractivity contribution in [1.82, 2.24) is 0 Å². The van der Waals surface area contributed by atoms with Gasteiger partial charge in [0.25, 0.3) is 0 Å². The van der Waals surface area contributed by atoms with Gasteiger partial charge in [0.15, 0.2) is 0 Å². The highest BCUT2D eigenvalue weighted by molar-refractivity contribution is 7.26. The molecule has 0 aliphatic rings. The molecular weight excluding hydrogens is 160 g/mol. The minimum Gasteiger partial charge on any atom is -0.156 e. The minimum absolute atomic E-state index is 0.546. The second-order valence-corrected chi connectivity index (χ2v) is 7.97. The Labute approximate surface area is 69.3 Å². The minimum atomic E-state index is -1.80. The molecule has 0 saturated carbocycles. The van der Waals surface area contributed by atoms with Crippen LogP contribution >= 0.6 is 11.1 Å². The van der Waals surface area contributed by atoms with E-state index in [1.807, 2.05) is 11.4 Å². The maximum atomic E-state index is 6.26. The molecule has 0 amide bonds. The van der Waals surface area contributed by atoms with Crippen LogP contribution in [-0.2, 0) is 0 Å². The van der Waals surface area contributed by atoms with Gasteiger partial charge in [0.1, 0.15) is 0 Å². The van der Waals surface area contributed by atoms with Crippen LogP contribution in [0.15, 0.2) is 24.6 Å². The molecular formula is C8H15ClSi. The average molecular weight is 175 g/mol. The van der Waals surface area contributed by atoms with E-state index in [1.54, 1.807) is 0 Å². The van der Waals surface area contributed by atoms with E-state index >= 15 is 0 Å². The fourth-order valence-corrected chi connectivity index (χ4v) is 2.86. The lowest BCUT2D eigenvalue weighted by Crippen LogP contribution is -2.26. The van der Waals surface area contributed by atoms with Gasteiger partial charge in [0.05, 0.1) is 0 Å². The smallest absolute Gasteiger partial charge is 0.156 e. The lowest BCUT2D eigenvalue weighted by Gasteiger charge is -2.22. The first-order valence-electron chi connectivity index (χ1n) is 3.56. The summed E-state index contributed by atoms with van der Waals surface area (Å²) in [5, 5.41) is 0. The normalized spacial score (nSPS) is 14.3. The Balaban J connectivity index is 4.30. The highest BCUT2D eigenvalue weighted by Gasteiger charge is 2.28. The number of hydrogen-bond donors (Lipinski definition) is 0. The summed E-state index contributed by atoms with van der Waals surface area (Å²) in [6, 6.07) is 0. The van der Waals surface area contributed by atoms with Crippen LogP contribution < -0.4 is 0 Å². The van der Waals surface area contributed by atoms with Crippen molar-refractivity contribution >= 4 is 18.5 Å². The van der Waals surface area contributed by atoms with Crippen molar-refractivity contribution in [3.63, 3.8) is 0 Å². The molecule has 0 spiro atoms. The number of halogens is 1. The van der Waals surface area contributed by atoms with Crippen molar-refractivity contribution in [1.29, 1.82) is 0 Å². The Morgan fingerprint density at radius 1 is 1.50 bits per heavy atom. The van der Waals surface area contributed by atoms with E-state index in [0.29, 0.717) is 5.54 Å². The molecule has 10 heavy (non-hydrogen) atoms. The molecule has 0 rings (SSSR count). The molecule has 0 aromatic heterocycles. The van der Waals surface area contributed by atoms with Crippen LogP contribution in [0.2, 0.25) is 5.54 Å². The molecule has 1 unspecified atom stereocenters. The Morgan fingerprint density at radius 3 is 2.00 bits per heavy atom. The van der Waals surface area contributed by atoms with E-state index in [2.05, 4.69) is 27.0 Å². The zero-order valence-electron chi connectivity index (χ0n) is 6.73. The van der Waals surface area contributed by atoms with E-state index in [4.69, 9.17) is 11.1 Å². The molecule has 0 N–H and O–H groups in total. The van der Waals surface area contributed by atoms with Crippen molar-refractivity contribution in [2.45, 2.75) is 25.8 Å². The molecule has 0 aromatic carbocycles. The van der Waals surface area contributed by atoms with Crippen LogP contribution in [-0.4, -0.2) is 7.38 Å². The van der Waals surface area contributed by atoms with Crippen LogP contribution in [0.4, 0.5) is 0 Å². The molecule has 0 nitrogen and oxygen atoms in total. The van der Waals surface area contributed by atoms with Gasteiger partial charge in [-0.25, -0.2) is 0 Å². The molecule has 0 saturated heterocycles. The molecule has 1 atom stereocenters. The SMILES string of the molecule is C=C[Si](Cl)(C=C)C(C)CC. The van der Waals surface area contributed by atoms with Gasteiger partial charge in [-0.1, -0.05) is 31.7 Å². The quantitative estimate of drug-likeness (QED) is 0.453. The van der Waals surface area contributed by atoms with E-state index < -0.39 is 7.38 Å². The molecule has 0 aromatic rings. The zero-order valence-corrected chi connectivity index (χ0v) is 8.49. The van der Waals surface area contributed by atoms with Gasteiger partial charge in [-0.15, -0.1) is 13.2 Å². The van der Waals surface area contributed by atoms with Crippen LogP contribution in [0.1, 0.15) is 20.3 Å². The van der Waals surface area contributed by atoms with Crippen LogP contribution in [0, 0.1) is 0 Å². The molecule has 58 valence electrons. The molecule has 0 aliphatic carbocycles. The van der Waals surface area contributed by atoms with Crippen molar-refractivity contribution in [2.24, 2.45) is 0 Å². The summed E-state index contributed by atoms with van der Waals surface area (Å²) in [5.74, 6) is 0. The summed E-state index contributed by atoms with van der Waals surface area (Å²) in [4.78, 5) is 0. The van der Waals surface area contributed by atoms with Crippen LogP contribution in [0.5, 0.6) is 0 Å². The first-order chi connectivity index (χ1) is 4.60. The van der Waals surface area contributed by atoms with Gasteiger partial charge >= 0.3 is 0 Å². The lowest BCUT2D eigenvalue weighted by atomic mass is 10.4. The first-order valence-corrected chi connectivity index (χ1v) is 6.81. The Hall–Kier alpha value is -0.0131. The molecule has 0 aliphatic heterocycles. The summed E-state index contributed by atoms with van der Waals surface area (Å²) < 4.78 is 0. The zero-order chi connectivity index (χ0) is 8.20. The maximum absolute atomic E-state index is 6.26. The lowest BCUT2D eigenvalue weighted by molar-refractivity contribution is 0.861. The van der Waals surface area contributed by atoms with Crippen LogP contribution in [0.25, 0.3) is 0 Å². The number of hydrogen-bond acceptors (Lipinski definition) is 0. The highest BCUT2D eigenvalue weighted by atomic mass is 35.6. The third kappa shape index (κ3) is 1.99. The molecule has 0 heterocycles. The standard InChI is InChI=1S/C8H15ClSi/c1-5-8(4)10(9,6-2)7-3/h6-8H,2-3,5H2,1,4H3. The first kappa shape index (κ1) is 9.99. The van der Waals surface area contributed by atoms with Gasteiger partial charge < -0.3 is 0 Å².